The largest absolute Gasteiger partial charge is 0.373 e. The van der Waals surface area contributed by atoms with Crippen molar-refractivity contribution in [2.75, 3.05) is 31.5 Å². The van der Waals surface area contributed by atoms with Gasteiger partial charge < -0.3 is 15.0 Å². The number of carbonyl (C=O) groups excluding carboxylic acids is 1. The summed E-state index contributed by atoms with van der Waals surface area (Å²) >= 11 is 0. The third kappa shape index (κ3) is 6.44. The first kappa shape index (κ1) is 25.9. The molecule has 0 spiro atoms. The number of piperidine rings is 1. The number of amides is 2. The number of sulfonamides is 2. The Kier molecular flexibility index (Phi) is 8.05. The summed E-state index contributed by atoms with van der Waals surface area (Å²) in [7, 11) is -7.08. The summed E-state index contributed by atoms with van der Waals surface area (Å²) in [5.74, 6) is 0. The molecule has 2 fully saturated rings. The lowest BCUT2D eigenvalue weighted by Crippen LogP contribution is -2.48. The van der Waals surface area contributed by atoms with Crippen LogP contribution in [0.5, 0.6) is 0 Å². The molecule has 2 aliphatic heterocycles. The Balaban J connectivity index is 1.61. The molecular weight excluding hydrogens is 468 g/mol. The molecule has 12 heteroatoms. The molecule has 2 saturated heterocycles. The van der Waals surface area contributed by atoms with E-state index in [1.54, 1.807) is 30.9 Å². The Labute approximate surface area is 196 Å². The van der Waals surface area contributed by atoms with Crippen LogP contribution in [0.15, 0.2) is 29.2 Å². The van der Waals surface area contributed by atoms with Crippen LogP contribution < -0.4 is 10.0 Å². The van der Waals surface area contributed by atoms with Gasteiger partial charge in [0.2, 0.25) is 20.0 Å². The summed E-state index contributed by atoms with van der Waals surface area (Å²) in [6, 6.07) is 5.67. The third-order valence-corrected chi connectivity index (χ3v) is 9.57. The van der Waals surface area contributed by atoms with E-state index in [9.17, 15) is 21.6 Å². The molecule has 186 valence electrons. The number of benzene rings is 1. The van der Waals surface area contributed by atoms with Gasteiger partial charge in [0.05, 0.1) is 22.4 Å². The summed E-state index contributed by atoms with van der Waals surface area (Å²) in [6.45, 7) is 8.28. The van der Waals surface area contributed by atoms with Gasteiger partial charge in [0.15, 0.2) is 0 Å². The van der Waals surface area contributed by atoms with Crippen LogP contribution in [0.4, 0.5) is 10.5 Å². The van der Waals surface area contributed by atoms with E-state index < -0.39 is 25.3 Å². The third-order valence-electron chi connectivity index (χ3n) is 5.84. The van der Waals surface area contributed by atoms with E-state index >= 15 is 0 Å². The number of anilines is 1. The number of nitrogens with one attached hydrogen (secondary N) is 2. The van der Waals surface area contributed by atoms with E-state index in [2.05, 4.69) is 10.0 Å². The van der Waals surface area contributed by atoms with Gasteiger partial charge in [-0.3, -0.25) is 0 Å². The summed E-state index contributed by atoms with van der Waals surface area (Å²) in [5, 5.41) is 2.26. The smallest absolute Gasteiger partial charge is 0.321 e. The number of rotatable bonds is 6. The van der Waals surface area contributed by atoms with Crippen molar-refractivity contribution >= 4 is 31.8 Å². The Hall–Kier alpha value is -1.73. The van der Waals surface area contributed by atoms with Gasteiger partial charge in [0.25, 0.3) is 0 Å². The van der Waals surface area contributed by atoms with Crippen molar-refractivity contribution < 1.29 is 26.4 Å². The highest BCUT2D eigenvalue weighted by atomic mass is 32.2. The van der Waals surface area contributed by atoms with Crippen molar-refractivity contribution in [3.05, 3.63) is 24.3 Å². The van der Waals surface area contributed by atoms with Crippen LogP contribution in [0.1, 0.15) is 40.5 Å². The van der Waals surface area contributed by atoms with Gasteiger partial charge in [0.1, 0.15) is 0 Å². The molecule has 0 saturated carbocycles. The number of nitrogens with zero attached hydrogens (tertiary/aromatic N) is 2. The van der Waals surface area contributed by atoms with E-state index in [4.69, 9.17) is 4.74 Å². The van der Waals surface area contributed by atoms with Gasteiger partial charge >= 0.3 is 6.03 Å². The summed E-state index contributed by atoms with van der Waals surface area (Å²) in [4.78, 5) is 14.4. The number of hydrogen-bond acceptors (Lipinski definition) is 6. The van der Waals surface area contributed by atoms with Gasteiger partial charge in [0, 0.05) is 37.9 Å². The summed E-state index contributed by atoms with van der Waals surface area (Å²) in [6.07, 6.45) is 0.640. The molecule has 2 N–H and O–H groups in total. The second kappa shape index (κ2) is 10.3. The molecule has 1 aromatic carbocycles. The maximum Gasteiger partial charge on any atom is 0.321 e. The maximum absolute atomic E-state index is 13.1. The van der Waals surface area contributed by atoms with Gasteiger partial charge in [-0.2, -0.15) is 4.31 Å². The Morgan fingerprint density at radius 3 is 2.24 bits per heavy atom. The molecule has 0 radical (unpaired) electrons. The molecule has 10 nitrogen and oxygen atoms in total. The Bertz CT molecular complexity index is 1040. The lowest BCUT2D eigenvalue weighted by molar-refractivity contribution is -0.0440. The zero-order chi connectivity index (χ0) is 24.4. The van der Waals surface area contributed by atoms with Crippen molar-refractivity contribution in [2.45, 2.75) is 68.9 Å². The number of hydrogen-bond donors (Lipinski definition) is 2. The maximum atomic E-state index is 13.1. The van der Waals surface area contributed by atoms with E-state index in [0.29, 0.717) is 31.6 Å². The van der Waals surface area contributed by atoms with Crippen molar-refractivity contribution in [1.29, 1.82) is 0 Å². The predicted octanol–water partition coefficient (Wildman–Crippen LogP) is 1.81. The number of ether oxygens (including phenoxy) is 1. The molecule has 1 aromatic rings. The van der Waals surface area contributed by atoms with Crippen LogP contribution in [0.25, 0.3) is 0 Å². The van der Waals surface area contributed by atoms with Crippen molar-refractivity contribution in [2.24, 2.45) is 0 Å². The van der Waals surface area contributed by atoms with Crippen LogP contribution in [0.3, 0.4) is 0 Å². The van der Waals surface area contributed by atoms with E-state index in [1.807, 2.05) is 13.8 Å². The highest BCUT2D eigenvalue weighted by Gasteiger charge is 2.32. The average Bonchev–Trinajstić information content (AvgIpc) is 2.73. The van der Waals surface area contributed by atoms with Gasteiger partial charge in [-0.25, -0.2) is 26.4 Å². The highest BCUT2D eigenvalue weighted by molar-refractivity contribution is 7.90. The van der Waals surface area contributed by atoms with Gasteiger partial charge in [-0.15, -0.1) is 0 Å². The zero-order valence-electron chi connectivity index (χ0n) is 19.5. The van der Waals surface area contributed by atoms with E-state index in [1.165, 1.54) is 16.4 Å². The minimum Gasteiger partial charge on any atom is -0.373 e. The fourth-order valence-electron chi connectivity index (χ4n) is 3.98. The lowest BCUT2D eigenvalue weighted by Gasteiger charge is -2.34. The molecule has 3 rings (SSSR count). The SMILES string of the molecule is CC(C)S(=O)(=O)NC1CCN(C(=O)Nc2cccc(S(=O)(=O)N3C[C@@H](C)O[C@@H](C)C3)c2)CC1. The average molecular weight is 503 g/mol. The first-order valence-corrected chi connectivity index (χ1v) is 14.2. The van der Waals surface area contributed by atoms with E-state index in [-0.39, 0.29) is 42.3 Å². The van der Waals surface area contributed by atoms with E-state index in [0.717, 1.165) is 0 Å². The van der Waals surface area contributed by atoms with Crippen molar-refractivity contribution in [1.82, 2.24) is 13.9 Å². The molecule has 2 amide bonds. The molecule has 0 bridgehead atoms. The predicted molar refractivity (Wildman–Crippen MR) is 126 cm³/mol. The first-order chi connectivity index (χ1) is 15.4. The van der Waals surface area contributed by atoms with Crippen LogP contribution in [-0.4, -0.2) is 81.8 Å². The lowest BCUT2D eigenvalue weighted by atomic mass is 10.1. The molecule has 2 aliphatic rings. The Morgan fingerprint density at radius 2 is 1.67 bits per heavy atom. The molecular formula is C21H34N4O6S2. The summed E-state index contributed by atoms with van der Waals surface area (Å²) in [5.41, 5.74) is 0.387. The van der Waals surface area contributed by atoms with Crippen molar-refractivity contribution in [3.8, 4) is 0 Å². The normalized spacial score (nSPS) is 23.6. The summed E-state index contributed by atoms with van der Waals surface area (Å²) < 4.78 is 60.1. The Morgan fingerprint density at radius 1 is 1.06 bits per heavy atom. The number of urea groups is 1. The van der Waals surface area contributed by atoms with Crippen LogP contribution in [0, 0.1) is 0 Å². The molecule has 2 atom stereocenters. The van der Waals surface area contributed by atoms with Crippen LogP contribution in [-0.2, 0) is 24.8 Å². The second-order valence-electron chi connectivity index (χ2n) is 9.01. The quantitative estimate of drug-likeness (QED) is 0.611. The minimum absolute atomic E-state index is 0.114. The molecule has 0 aliphatic carbocycles. The topological polar surface area (TPSA) is 125 Å². The molecule has 0 unspecified atom stereocenters. The van der Waals surface area contributed by atoms with Gasteiger partial charge in [-0.05, 0) is 58.7 Å². The number of morpholine rings is 1. The molecule has 2 heterocycles. The zero-order valence-corrected chi connectivity index (χ0v) is 21.2. The van der Waals surface area contributed by atoms with Crippen LogP contribution >= 0.6 is 0 Å². The van der Waals surface area contributed by atoms with Gasteiger partial charge in [-0.1, -0.05) is 6.07 Å². The molecule has 0 aromatic heterocycles. The first-order valence-electron chi connectivity index (χ1n) is 11.2. The van der Waals surface area contributed by atoms with Crippen LogP contribution in [0.2, 0.25) is 0 Å². The fraction of sp³-hybridized carbons (Fsp3) is 0.667. The number of carbonyl (C=O) groups is 1. The standard InChI is InChI=1S/C21H34N4O6S2/c1-15(2)32(27,28)23-18-8-10-24(11-9-18)21(26)22-19-6-5-7-20(12-19)33(29,30)25-13-16(3)31-17(4)14-25/h5-7,12,15-18,23H,8-11,13-14H2,1-4H3,(H,22,26)/t16-,17+. The van der Waals surface area contributed by atoms with Crippen molar-refractivity contribution in [3.63, 3.8) is 0 Å². The highest BCUT2D eigenvalue weighted by Crippen LogP contribution is 2.24. The monoisotopic (exact) mass is 502 g/mol. The fourth-order valence-corrected chi connectivity index (χ4v) is 6.59. The number of likely N-dealkylation sites (tertiary alicyclic amines) is 1. The minimum atomic E-state index is -3.72. The second-order valence-corrected chi connectivity index (χ2v) is 13.2. The molecule has 33 heavy (non-hydrogen) atoms.